The van der Waals surface area contributed by atoms with Crippen molar-refractivity contribution >= 4 is 5.91 Å². The molecule has 0 bridgehead atoms. The Morgan fingerprint density at radius 3 is 2.67 bits per heavy atom. The van der Waals surface area contributed by atoms with Crippen LogP contribution in [0.3, 0.4) is 0 Å². The van der Waals surface area contributed by atoms with Gasteiger partial charge in [-0.2, -0.15) is 0 Å². The highest BCUT2D eigenvalue weighted by Gasteiger charge is 2.24. The van der Waals surface area contributed by atoms with Crippen molar-refractivity contribution < 1.29 is 9.53 Å². The van der Waals surface area contributed by atoms with Gasteiger partial charge in [-0.1, -0.05) is 24.3 Å². The summed E-state index contributed by atoms with van der Waals surface area (Å²) in [6.45, 7) is 6.83. The van der Waals surface area contributed by atoms with Crippen molar-refractivity contribution in [3.63, 3.8) is 0 Å². The van der Waals surface area contributed by atoms with Gasteiger partial charge in [0.1, 0.15) is 0 Å². The molecule has 2 aliphatic rings. The smallest absolute Gasteiger partial charge is 0.222 e. The Hall–Kier alpha value is -1.39. The molecule has 1 aromatic rings. The molecule has 2 aliphatic heterocycles. The average Bonchev–Trinajstić information content (AvgIpc) is 2.57. The monoisotopic (exact) mass is 330 g/mol. The van der Waals surface area contributed by atoms with Crippen LogP contribution in [0.1, 0.15) is 50.7 Å². The Kier molecular flexibility index (Phi) is 5.90. The third-order valence-corrected chi connectivity index (χ3v) is 5.18. The lowest BCUT2D eigenvalue weighted by atomic mass is 9.99. The molecule has 1 amide bonds. The molecule has 1 N–H and O–H groups in total. The number of carbonyl (C=O) groups excluding carboxylic acids is 1. The number of hydrogen-bond acceptors (Lipinski definition) is 3. The number of ether oxygens (including phenoxy) is 1. The number of fused-ring (bicyclic) bond motifs is 1. The van der Waals surface area contributed by atoms with Gasteiger partial charge in [0, 0.05) is 25.6 Å². The van der Waals surface area contributed by atoms with Crippen molar-refractivity contribution in [3.8, 4) is 0 Å². The molecule has 0 aromatic heterocycles. The van der Waals surface area contributed by atoms with E-state index in [0.717, 1.165) is 45.3 Å². The van der Waals surface area contributed by atoms with Crippen LogP contribution in [0.2, 0.25) is 0 Å². The maximum atomic E-state index is 12.4. The molecule has 0 saturated carbocycles. The van der Waals surface area contributed by atoms with Gasteiger partial charge in [-0.05, 0) is 57.2 Å². The molecule has 0 aliphatic carbocycles. The van der Waals surface area contributed by atoms with Gasteiger partial charge in [0.2, 0.25) is 5.91 Å². The molecular weight excluding hydrogens is 300 g/mol. The van der Waals surface area contributed by atoms with E-state index in [-0.39, 0.29) is 0 Å². The lowest BCUT2D eigenvalue weighted by Gasteiger charge is -2.33. The molecule has 1 aromatic carbocycles. The zero-order chi connectivity index (χ0) is 16.9. The van der Waals surface area contributed by atoms with E-state index in [0.29, 0.717) is 30.6 Å². The summed E-state index contributed by atoms with van der Waals surface area (Å²) < 4.78 is 5.77. The first-order chi connectivity index (χ1) is 11.6. The van der Waals surface area contributed by atoms with E-state index in [1.54, 1.807) is 0 Å². The maximum absolute atomic E-state index is 12.4. The minimum atomic E-state index is 0.292. The normalized spacial score (nSPS) is 26.9. The van der Waals surface area contributed by atoms with Crippen LogP contribution in [0.15, 0.2) is 24.3 Å². The third kappa shape index (κ3) is 4.58. The van der Waals surface area contributed by atoms with Gasteiger partial charge in [-0.3, -0.25) is 4.79 Å². The summed E-state index contributed by atoms with van der Waals surface area (Å²) in [4.78, 5) is 14.5. The number of rotatable bonds is 5. The fourth-order valence-electron chi connectivity index (χ4n) is 3.98. The van der Waals surface area contributed by atoms with Gasteiger partial charge < -0.3 is 15.0 Å². The standard InChI is InChI=1S/C20H30N2O2/c1-15-12-19(13-16(2)24-15)21-10-5-8-20(23)22-11-9-17-6-3-4-7-18(17)14-22/h3-4,6-7,15-16,19,21H,5,8-14H2,1-2H3/t15-,16-/m1/s1. The van der Waals surface area contributed by atoms with Gasteiger partial charge in [0.05, 0.1) is 12.2 Å². The number of amides is 1. The first-order valence-electron chi connectivity index (χ1n) is 9.35. The minimum Gasteiger partial charge on any atom is -0.375 e. The molecule has 0 unspecified atom stereocenters. The van der Waals surface area contributed by atoms with E-state index in [9.17, 15) is 4.79 Å². The van der Waals surface area contributed by atoms with Crippen molar-refractivity contribution in [2.45, 2.75) is 70.7 Å². The first kappa shape index (κ1) is 17.4. The van der Waals surface area contributed by atoms with Gasteiger partial charge in [0.25, 0.3) is 0 Å². The predicted octanol–water partition coefficient (Wildman–Crippen LogP) is 2.90. The minimum absolute atomic E-state index is 0.292. The van der Waals surface area contributed by atoms with Gasteiger partial charge in [-0.25, -0.2) is 0 Å². The fraction of sp³-hybridized carbons (Fsp3) is 0.650. The lowest BCUT2D eigenvalue weighted by Crippen LogP contribution is -2.42. The quantitative estimate of drug-likeness (QED) is 0.844. The van der Waals surface area contributed by atoms with Gasteiger partial charge in [-0.15, -0.1) is 0 Å². The second-order valence-corrected chi connectivity index (χ2v) is 7.32. The van der Waals surface area contributed by atoms with Crippen molar-refractivity contribution in [3.05, 3.63) is 35.4 Å². The highest BCUT2D eigenvalue weighted by atomic mass is 16.5. The van der Waals surface area contributed by atoms with Crippen LogP contribution in [0.4, 0.5) is 0 Å². The predicted molar refractivity (Wildman–Crippen MR) is 95.8 cm³/mol. The van der Waals surface area contributed by atoms with Crippen molar-refractivity contribution in [2.24, 2.45) is 0 Å². The second-order valence-electron chi connectivity index (χ2n) is 7.32. The molecule has 4 heteroatoms. The van der Waals surface area contributed by atoms with Crippen molar-refractivity contribution in [2.75, 3.05) is 13.1 Å². The molecule has 4 nitrogen and oxygen atoms in total. The zero-order valence-electron chi connectivity index (χ0n) is 15.0. The molecule has 132 valence electrons. The Balaban J connectivity index is 1.37. The number of nitrogens with one attached hydrogen (secondary N) is 1. The molecule has 1 saturated heterocycles. The molecule has 3 rings (SSSR count). The van der Waals surface area contributed by atoms with E-state index < -0.39 is 0 Å². The van der Waals surface area contributed by atoms with Crippen molar-refractivity contribution in [1.29, 1.82) is 0 Å². The topological polar surface area (TPSA) is 41.6 Å². The number of carbonyl (C=O) groups is 1. The van der Waals surface area contributed by atoms with Gasteiger partial charge in [0.15, 0.2) is 0 Å². The summed E-state index contributed by atoms with van der Waals surface area (Å²) in [5, 5.41) is 3.61. The van der Waals surface area contributed by atoms with E-state index in [1.807, 2.05) is 4.90 Å². The van der Waals surface area contributed by atoms with E-state index >= 15 is 0 Å². The van der Waals surface area contributed by atoms with Crippen LogP contribution < -0.4 is 5.32 Å². The highest BCUT2D eigenvalue weighted by molar-refractivity contribution is 5.76. The summed E-state index contributed by atoms with van der Waals surface area (Å²) in [5.74, 6) is 0.292. The highest BCUT2D eigenvalue weighted by Crippen LogP contribution is 2.20. The third-order valence-electron chi connectivity index (χ3n) is 5.18. The van der Waals surface area contributed by atoms with E-state index in [4.69, 9.17) is 4.74 Å². The summed E-state index contributed by atoms with van der Waals surface area (Å²) in [6, 6.07) is 8.99. The molecule has 0 spiro atoms. The Morgan fingerprint density at radius 2 is 1.92 bits per heavy atom. The van der Waals surface area contributed by atoms with Crippen LogP contribution in [-0.2, 0) is 22.5 Å². The summed E-state index contributed by atoms with van der Waals surface area (Å²) in [5.41, 5.74) is 2.70. The van der Waals surface area contributed by atoms with Crippen LogP contribution in [-0.4, -0.2) is 42.1 Å². The van der Waals surface area contributed by atoms with Crippen molar-refractivity contribution in [1.82, 2.24) is 10.2 Å². The van der Waals surface area contributed by atoms with Crippen LogP contribution in [0, 0.1) is 0 Å². The van der Waals surface area contributed by atoms with E-state index in [2.05, 4.69) is 43.4 Å². The summed E-state index contributed by atoms with van der Waals surface area (Å²) in [6.07, 6.45) is 5.35. The second kappa shape index (κ2) is 8.13. The van der Waals surface area contributed by atoms with Gasteiger partial charge >= 0.3 is 0 Å². The lowest BCUT2D eigenvalue weighted by molar-refractivity contribution is -0.132. The van der Waals surface area contributed by atoms with Crippen LogP contribution in [0.25, 0.3) is 0 Å². The largest absolute Gasteiger partial charge is 0.375 e. The Labute approximate surface area is 145 Å². The summed E-state index contributed by atoms with van der Waals surface area (Å²) >= 11 is 0. The number of hydrogen-bond donors (Lipinski definition) is 1. The maximum Gasteiger partial charge on any atom is 0.222 e. The van der Waals surface area contributed by atoms with E-state index in [1.165, 1.54) is 11.1 Å². The average molecular weight is 330 g/mol. The Bertz CT molecular complexity index is 550. The Morgan fingerprint density at radius 1 is 1.21 bits per heavy atom. The fourth-order valence-corrected chi connectivity index (χ4v) is 3.98. The first-order valence-corrected chi connectivity index (χ1v) is 9.35. The molecule has 24 heavy (non-hydrogen) atoms. The summed E-state index contributed by atoms with van der Waals surface area (Å²) in [7, 11) is 0. The number of benzene rings is 1. The van der Waals surface area contributed by atoms with Crippen LogP contribution in [0.5, 0.6) is 0 Å². The number of nitrogens with zero attached hydrogens (tertiary/aromatic N) is 1. The SMILES string of the molecule is C[C@@H]1CC(NCCCC(=O)N2CCc3ccccc3C2)C[C@@H](C)O1. The molecule has 2 atom stereocenters. The zero-order valence-corrected chi connectivity index (χ0v) is 15.0. The molecule has 2 heterocycles. The molecular formula is C20H30N2O2. The van der Waals surface area contributed by atoms with Crippen LogP contribution >= 0.6 is 0 Å². The molecule has 1 fully saturated rings. The molecule has 0 radical (unpaired) electrons.